The van der Waals surface area contributed by atoms with Crippen molar-refractivity contribution < 1.29 is 46.2 Å². The van der Waals surface area contributed by atoms with Crippen molar-refractivity contribution in [2.75, 3.05) is 6.61 Å². The SMILES string of the molecule is C.C=CC(=O)OC(C)(C)C.CCC(F)(F)C=CC(=O)OC(C)(C)C.CCC(F)(F)COC(=O)c1ccccc1. The van der Waals surface area contributed by atoms with Crippen LogP contribution in [0.15, 0.2) is 55.1 Å². The lowest BCUT2D eigenvalue weighted by molar-refractivity contribution is -0.149. The van der Waals surface area contributed by atoms with Crippen LogP contribution in [0, 0.1) is 0 Å². The summed E-state index contributed by atoms with van der Waals surface area (Å²) in [5.74, 6) is -7.71. The first-order valence-electron chi connectivity index (χ1n) is 11.9. The highest BCUT2D eigenvalue weighted by atomic mass is 19.3. The smallest absolute Gasteiger partial charge is 0.338 e. The molecule has 0 radical (unpaired) electrons. The van der Waals surface area contributed by atoms with Gasteiger partial charge in [0.15, 0.2) is 6.61 Å². The van der Waals surface area contributed by atoms with Gasteiger partial charge in [-0.15, -0.1) is 0 Å². The Morgan fingerprint density at radius 1 is 0.821 bits per heavy atom. The van der Waals surface area contributed by atoms with Crippen LogP contribution in [0.5, 0.6) is 0 Å². The van der Waals surface area contributed by atoms with Gasteiger partial charge in [-0.05, 0) is 59.8 Å². The zero-order chi connectivity index (χ0) is 30.2. The Labute approximate surface area is 230 Å². The summed E-state index contributed by atoms with van der Waals surface area (Å²) in [7, 11) is 0. The molecule has 1 rings (SSSR count). The predicted octanol–water partition coefficient (Wildman–Crippen LogP) is 7.97. The van der Waals surface area contributed by atoms with E-state index in [0.717, 1.165) is 12.2 Å². The van der Waals surface area contributed by atoms with Crippen LogP contribution in [0.3, 0.4) is 0 Å². The minimum absolute atomic E-state index is 0. The first-order chi connectivity index (χ1) is 17.2. The quantitative estimate of drug-likeness (QED) is 0.138. The topological polar surface area (TPSA) is 78.9 Å². The van der Waals surface area contributed by atoms with Crippen molar-refractivity contribution in [2.45, 2.75) is 98.7 Å². The van der Waals surface area contributed by atoms with Gasteiger partial charge in [0, 0.05) is 25.0 Å². The lowest BCUT2D eigenvalue weighted by atomic mass is 10.2. The molecule has 0 amide bonds. The van der Waals surface area contributed by atoms with Crippen LogP contribution in [-0.4, -0.2) is 47.6 Å². The normalized spacial score (nSPS) is 11.5. The maximum absolute atomic E-state index is 12.8. The van der Waals surface area contributed by atoms with Gasteiger partial charge >= 0.3 is 17.9 Å². The monoisotopic (exact) mass is 564 g/mol. The second-order valence-electron chi connectivity index (χ2n) is 9.87. The predicted molar refractivity (Wildman–Crippen MR) is 145 cm³/mol. The highest BCUT2D eigenvalue weighted by Gasteiger charge is 2.28. The van der Waals surface area contributed by atoms with E-state index in [1.807, 2.05) is 20.8 Å². The number of benzene rings is 1. The Hall–Kier alpha value is -3.17. The van der Waals surface area contributed by atoms with E-state index in [-0.39, 0.29) is 31.8 Å². The molecule has 1 aromatic carbocycles. The lowest BCUT2D eigenvalue weighted by Gasteiger charge is -2.18. The molecule has 1 aromatic rings. The number of carbonyl (C=O) groups excluding carboxylic acids is 3. The van der Waals surface area contributed by atoms with Crippen molar-refractivity contribution in [1.29, 1.82) is 0 Å². The zero-order valence-electron chi connectivity index (χ0n) is 23.4. The Morgan fingerprint density at radius 2 is 1.28 bits per heavy atom. The molecule has 0 saturated heterocycles. The van der Waals surface area contributed by atoms with E-state index in [4.69, 9.17) is 9.47 Å². The van der Waals surface area contributed by atoms with Gasteiger partial charge in [0.25, 0.3) is 11.8 Å². The Balaban J connectivity index is -0.000000508. The number of halogens is 4. The van der Waals surface area contributed by atoms with Crippen molar-refractivity contribution in [1.82, 2.24) is 0 Å². The fraction of sp³-hybridized carbons (Fsp3) is 0.552. The summed E-state index contributed by atoms with van der Waals surface area (Å²) in [6, 6.07) is 8.07. The molecule has 0 bridgehead atoms. The van der Waals surface area contributed by atoms with Crippen molar-refractivity contribution >= 4 is 17.9 Å². The zero-order valence-corrected chi connectivity index (χ0v) is 23.4. The van der Waals surface area contributed by atoms with Crippen LogP contribution >= 0.6 is 0 Å². The summed E-state index contributed by atoms with van der Waals surface area (Å²) in [5, 5.41) is 0. The van der Waals surface area contributed by atoms with Gasteiger partial charge in [0.2, 0.25) is 0 Å². The minimum Gasteiger partial charge on any atom is -0.457 e. The second-order valence-corrected chi connectivity index (χ2v) is 9.87. The van der Waals surface area contributed by atoms with Crippen LogP contribution in [0.4, 0.5) is 17.6 Å². The average molecular weight is 565 g/mol. The highest BCUT2D eigenvalue weighted by molar-refractivity contribution is 5.89. The van der Waals surface area contributed by atoms with Crippen LogP contribution in [0.1, 0.15) is 86.0 Å². The van der Waals surface area contributed by atoms with Crippen molar-refractivity contribution in [3.8, 4) is 0 Å². The Bertz CT molecular complexity index is 899. The number of allylic oxidation sites excluding steroid dienone is 1. The minimum atomic E-state index is -2.94. The number of carbonyl (C=O) groups is 3. The number of hydrogen-bond acceptors (Lipinski definition) is 6. The molecule has 0 aliphatic carbocycles. The van der Waals surface area contributed by atoms with Gasteiger partial charge in [0.1, 0.15) is 11.2 Å². The number of esters is 3. The summed E-state index contributed by atoms with van der Waals surface area (Å²) in [6.07, 6.45) is 1.84. The van der Waals surface area contributed by atoms with Gasteiger partial charge in [-0.3, -0.25) is 0 Å². The van der Waals surface area contributed by atoms with E-state index < -0.39 is 41.6 Å². The fourth-order valence-electron chi connectivity index (χ4n) is 1.92. The summed E-state index contributed by atoms with van der Waals surface area (Å²) >= 11 is 0. The molecule has 0 fully saturated rings. The van der Waals surface area contributed by atoms with Gasteiger partial charge < -0.3 is 14.2 Å². The van der Waals surface area contributed by atoms with E-state index in [2.05, 4.69) is 11.3 Å². The molecule has 6 nitrogen and oxygen atoms in total. The van der Waals surface area contributed by atoms with Gasteiger partial charge in [0.05, 0.1) is 5.56 Å². The van der Waals surface area contributed by atoms with Crippen LogP contribution < -0.4 is 0 Å². The third kappa shape index (κ3) is 24.9. The van der Waals surface area contributed by atoms with Gasteiger partial charge in [-0.25, -0.2) is 31.9 Å². The summed E-state index contributed by atoms with van der Waals surface area (Å²) < 4.78 is 64.9. The van der Waals surface area contributed by atoms with E-state index in [9.17, 15) is 31.9 Å². The second kappa shape index (κ2) is 18.2. The number of hydrogen-bond donors (Lipinski definition) is 0. The van der Waals surface area contributed by atoms with E-state index in [1.165, 1.54) is 26.0 Å². The van der Waals surface area contributed by atoms with Crippen LogP contribution in [0.2, 0.25) is 0 Å². The Kier molecular flexibility index (Phi) is 18.8. The highest BCUT2D eigenvalue weighted by Crippen LogP contribution is 2.20. The molecule has 10 heteroatoms. The standard InChI is InChI=1S/C11H12F2O2.C10H16F2O2.C7H12O2.CH4/c1-2-11(12,13)8-15-10(14)9-6-4-3-5-7-9;1-5-10(11,12)7-6-8(13)14-9(2,3)4;1-5-6(8)9-7(2,3)4;/h3-7H,2,8H2,1H3;6-7H,5H2,1-4H3;5H,1H2,2-4H3;1H4. The third-order valence-corrected chi connectivity index (χ3v) is 3.86. The molecule has 0 unspecified atom stereocenters. The van der Waals surface area contributed by atoms with E-state index >= 15 is 0 Å². The molecule has 0 atom stereocenters. The third-order valence-electron chi connectivity index (χ3n) is 3.86. The van der Waals surface area contributed by atoms with Crippen LogP contribution in [0.25, 0.3) is 0 Å². The molecule has 0 aliphatic rings. The lowest BCUT2D eigenvalue weighted by Crippen LogP contribution is -2.24. The van der Waals surface area contributed by atoms with Crippen molar-refractivity contribution in [3.63, 3.8) is 0 Å². The van der Waals surface area contributed by atoms with E-state index in [0.29, 0.717) is 6.08 Å². The summed E-state index contributed by atoms with van der Waals surface area (Å²) in [4.78, 5) is 32.7. The maximum atomic E-state index is 12.8. The number of rotatable bonds is 8. The van der Waals surface area contributed by atoms with Crippen molar-refractivity contribution in [2.24, 2.45) is 0 Å². The average Bonchev–Trinajstić information content (AvgIpc) is 2.80. The van der Waals surface area contributed by atoms with E-state index in [1.54, 1.807) is 39.0 Å². The molecule has 0 heterocycles. The number of alkyl halides is 4. The number of ether oxygens (including phenoxy) is 3. The van der Waals surface area contributed by atoms with Gasteiger partial charge in [-0.2, -0.15) is 0 Å². The molecular weight excluding hydrogens is 520 g/mol. The largest absolute Gasteiger partial charge is 0.457 e. The molecule has 0 spiro atoms. The summed E-state index contributed by atoms with van der Waals surface area (Å²) in [6.45, 7) is 15.6. The molecule has 0 saturated carbocycles. The molecular formula is C29H44F4O6. The van der Waals surface area contributed by atoms with Gasteiger partial charge in [-0.1, -0.05) is 46.1 Å². The summed E-state index contributed by atoms with van der Waals surface area (Å²) in [5.41, 5.74) is -0.766. The molecule has 39 heavy (non-hydrogen) atoms. The Morgan fingerprint density at radius 3 is 1.64 bits per heavy atom. The maximum Gasteiger partial charge on any atom is 0.338 e. The molecule has 0 aliphatic heterocycles. The molecule has 224 valence electrons. The fourth-order valence-corrected chi connectivity index (χ4v) is 1.92. The molecule has 0 N–H and O–H groups in total. The molecule has 0 aromatic heterocycles. The van der Waals surface area contributed by atoms with Crippen LogP contribution in [-0.2, 0) is 23.8 Å². The first kappa shape index (κ1) is 40.3. The first-order valence-corrected chi connectivity index (χ1v) is 11.9. The van der Waals surface area contributed by atoms with Crippen molar-refractivity contribution in [3.05, 3.63) is 60.7 Å².